The molecule has 8 nitrogen and oxygen atoms in total. The molecule has 1 rings (SSSR count). The third-order valence-corrected chi connectivity index (χ3v) is 4.07. The maximum atomic E-state index is 11.9. The summed E-state index contributed by atoms with van der Waals surface area (Å²) in [5.41, 5.74) is -0.0778. The van der Waals surface area contributed by atoms with Crippen molar-refractivity contribution in [3.05, 3.63) is 34.4 Å². The molecule has 0 aromatic heterocycles. The molecule has 0 bridgehead atoms. The van der Waals surface area contributed by atoms with Gasteiger partial charge >= 0.3 is 5.97 Å². The Morgan fingerprint density at radius 1 is 1.38 bits per heavy atom. The van der Waals surface area contributed by atoms with Crippen molar-refractivity contribution in [3.63, 3.8) is 0 Å². The molecule has 1 atom stereocenters. The van der Waals surface area contributed by atoms with Crippen LogP contribution in [0.1, 0.15) is 26.2 Å². The summed E-state index contributed by atoms with van der Waals surface area (Å²) >= 11 is 0.925. The SMILES string of the molecule is CCCCNC(=O)CC(NSc1ccccc1[N+](=O)[O-])C(=O)OC. The van der Waals surface area contributed by atoms with Crippen molar-refractivity contribution in [3.8, 4) is 0 Å². The highest BCUT2D eigenvalue weighted by atomic mass is 32.2. The van der Waals surface area contributed by atoms with Gasteiger partial charge in [-0.2, -0.15) is 0 Å². The van der Waals surface area contributed by atoms with Gasteiger partial charge in [0, 0.05) is 12.6 Å². The molecule has 132 valence electrons. The minimum absolute atomic E-state index is 0.0778. The van der Waals surface area contributed by atoms with Gasteiger partial charge in [-0.1, -0.05) is 25.5 Å². The average molecular weight is 355 g/mol. The number of nitrogens with zero attached hydrogens (tertiary/aromatic N) is 1. The van der Waals surface area contributed by atoms with Crippen LogP contribution in [0.5, 0.6) is 0 Å². The lowest BCUT2D eigenvalue weighted by atomic mass is 10.2. The summed E-state index contributed by atoms with van der Waals surface area (Å²) < 4.78 is 7.46. The smallest absolute Gasteiger partial charge is 0.324 e. The zero-order chi connectivity index (χ0) is 17.9. The van der Waals surface area contributed by atoms with Crippen molar-refractivity contribution in [2.45, 2.75) is 37.1 Å². The maximum Gasteiger partial charge on any atom is 0.324 e. The number of para-hydroxylation sites is 1. The summed E-state index contributed by atoms with van der Waals surface area (Å²) in [6.07, 6.45) is 1.70. The Morgan fingerprint density at radius 2 is 2.08 bits per heavy atom. The molecule has 1 aromatic rings. The van der Waals surface area contributed by atoms with Gasteiger partial charge in [0.1, 0.15) is 10.9 Å². The van der Waals surface area contributed by atoms with E-state index in [2.05, 4.69) is 14.8 Å². The largest absolute Gasteiger partial charge is 0.468 e. The maximum absolute atomic E-state index is 11.9. The van der Waals surface area contributed by atoms with Gasteiger partial charge in [-0.25, -0.2) is 4.72 Å². The number of amides is 1. The summed E-state index contributed by atoms with van der Waals surface area (Å²) in [6.45, 7) is 2.55. The van der Waals surface area contributed by atoms with Crippen molar-refractivity contribution < 1.29 is 19.2 Å². The Balaban J connectivity index is 2.69. The first-order valence-electron chi connectivity index (χ1n) is 7.49. The molecule has 0 fully saturated rings. The number of esters is 1. The first-order valence-corrected chi connectivity index (χ1v) is 8.31. The number of methoxy groups -OCH3 is 1. The minimum atomic E-state index is -0.901. The van der Waals surface area contributed by atoms with Gasteiger partial charge in [-0.15, -0.1) is 0 Å². The summed E-state index contributed by atoms with van der Waals surface area (Å²) in [4.78, 5) is 34.5. The van der Waals surface area contributed by atoms with Crippen LogP contribution in [-0.2, 0) is 14.3 Å². The number of unbranched alkanes of at least 4 members (excludes halogenated alkanes) is 1. The Hall–Kier alpha value is -2.13. The van der Waals surface area contributed by atoms with Gasteiger partial charge in [0.05, 0.1) is 18.5 Å². The number of ether oxygens (including phenoxy) is 1. The van der Waals surface area contributed by atoms with Crippen LogP contribution in [0.15, 0.2) is 29.2 Å². The van der Waals surface area contributed by atoms with Gasteiger partial charge in [-0.05, 0) is 24.4 Å². The number of carbonyl (C=O) groups is 2. The molecule has 0 spiro atoms. The molecule has 0 aliphatic rings. The number of nitrogens with one attached hydrogen (secondary N) is 2. The molecule has 0 saturated heterocycles. The van der Waals surface area contributed by atoms with Crippen LogP contribution >= 0.6 is 11.9 Å². The third kappa shape index (κ3) is 6.55. The minimum Gasteiger partial charge on any atom is -0.468 e. The molecule has 1 aromatic carbocycles. The quantitative estimate of drug-likeness (QED) is 0.217. The van der Waals surface area contributed by atoms with Crippen molar-refractivity contribution in [2.24, 2.45) is 0 Å². The molecule has 0 radical (unpaired) electrons. The lowest BCUT2D eigenvalue weighted by Gasteiger charge is -2.15. The van der Waals surface area contributed by atoms with Crippen LogP contribution in [0.25, 0.3) is 0 Å². The highest BCUT2D eigenvalue weighted by Crippen LogP contribution is 2.27. The van der Waals surface area contributed by atoms with Crippen LogP contribution in [-0.4, -0.2) is 36.5 Å². The van der Waals surface area contributed by atoms with E-state index in [1.54, 1.807) is 18.2 Å². The number of carbonyl (C=O) groups excluding carboxylic acids is 2. The molecule has 0 aliphatic carbocycles. The van der Waals surface area contributed by atoms with E-state index >= 15 is 0 Å². The molecule has 1 unspecified atom stereocenters. The van der Waals surface area contributed by atoms with Crippen LogP contribution in [0.2, 0.25) is 0 Å². The van der Waals surface area contributed by atoms with Crippen molar-refractivity contribution >= 4 is 29.5 Å². The van der Waals surface area contributed by atoms with Crippen LogP contribution in [0.3, 0.4) is 0 Å². The molecule has 2 N–H and O–H groups in total. The fraction of sp³-hybridized carbons (Fsp3) is 0.467. The van der Waals surface area contributed by atoms with E-state index in [1.165, 1.54) is 13.2 Å². The summed E-state index contributed by atoms with van der Waals surface area (Å²) in [5.74, 6) is -0.888. The van der Waals surface area contributed by atoms with Gasteiger partial charge in [0.25, 0.3) is 5.69 Å². The molecule has 0 aliphatic heterocycles. The van der Waals surface area contributed by atoms with Gasteiger partial charge in [0.15, 0.2) is 0 Å². The highest BCUT2D eigenvalue weighted by molar-refractivity contribution is 7.97. The van der Waals surface area contributed by atoms with E-state index in [9.17, 15) is 19.7 Å². The van der Waals surface area contributed by atoms with E-state index in [0.717, 1.165) is 24.8 Å². The Morgan fingerprint density at radius 3 is 2.71 bits per heavy atom. The fourth-order valence-electron chi connectivity index (χ4n) is 1.81. The van der Waals surface area contributed by atoms with Crippen molar-refractivity contribution in [2.75, 3.05) is 13.7 Å². The first kappa shape index (κ1) is 19.9. The number of nitro groups is 1. The molecule has 0 heterocycles. The fourth-order valence-corrected chi connectivity index (χ4v) is 2.65. The second-order valence-corrected chi connectivity index (χ2v) is 5.81. The highest BCUT2D eigenvalue weighted by Gasteiger charge is 2.24. The van der Waals surface area contributed by atoms with E-state index in [-0.39, 0.29) is 18.0 Å². The average Bonchev–Trinajstić information content (AvgIpc) is 2.58. The van der Waals surface area contributed by atoms with Crippen LogP contribution in [0, 0.1) is 10.1 Å². The number of rotatable bonds is 10. The Kier molecular flexibility index (Phi) is 8.80. The second kappa shape index (κ2) is 10.6. The van der Waals surface area contributed by atoms with Crippen LogP contribution < -0.4 is 10.0 Å². The van der Waals surface area contributed by atoms with Gasteiger partial charge in [0.2, 0.25) is 5.91 Å². The first-order chi connectivity index (χ1) is 11.5. The zero-order valence-electron chi connectivity index (χ0n) is 13.6. The number of benzene rings is 1. The predicted octanol–water partition coefficient (Wildman–Crippen LogP) is 2.04. The van der Waals surface area contributed by atoms with Gasteiger partial charge < -0.3 is 10.1 Å². The Bertz CT molecular complexity index is 582. The summed E-state index contributed by atoms with van der Waals surface area (Å²) in [5, 5.41) is 13.7. The topological polar surface area (TPSA) is 111 Å². The summed E-state index contributed by atoms with van der Waals surface area (Å²) in [6, 6.07) is 5.24. The van der Waals surface area contributed by atoms with E-state index in [0.29, 0.717) is 11.4 Å². The second-order valence-electron chi connectivity index (χ2n) is 4.93. The standard InChI is InChI=1S/C15H21N3O5S/c1-3-4-9-16-14(19)10-11(15(20)23-2)17-24-13-8-6-5-7-12(13)18(21)22/h5-8,11,17H,3-4,9-10H2,1-2H3,(H,16,19). The molecule has 1 amide bonds. The molecule has 0 saturated carbocycles. The number of hydrogen-bond donors (Lipinski definition) is 2. The zero-order valence-corrected chi connectivity index (χ0v) is 14.4. The van der Waals surface area contributed by atoms with E-state index < -0.39 is 16.9 Å². The Labute approximate surface area is 144 Å². The molecule has 24 heavy (non-hydrogen) atoms. The molecule has 9 heteroatoms. The molecular weight excluding hydrogens is 334 g/mol. The molecular formula is C15H21N3O5S. The van der Waals surface area contributed by atoms with Crippen LogP contribution in [0.4, 0.5) is 5.69 Å². The lowest BCUT2D eigenvalue weighted by molar-refractivity contribution is -0.387. The van der Waals surface area contributed by atoms with Gasteiger partial charge in [-0.3, -0.25) is 19.7 Å². The monoisotopic (exact) mass is 355 g/mol. The normalized spacial score (nSPS) is 11.6. The predicted molar refractivity (Wildman–Crippen MR) is 90.4 cm³/mol. The number of nitro benzene ring substituents is 1. The third-order valence-electron chi connectivity index (χ3n) is 3.10. The summed E-state index contributed by atoms with van der Waals surface area (Å²) in [7, 11) is 1.22. The van der Waals surface area contributed by atoms with E-state index in [4.69, 9.17) is 0 Å². The number of hydrogen-bond acceptors (Lipinski definition) is 7. The van der Waals surface area contributed by atoms with Crippen molar-refractivity contribution in [1.29, 1.82) is 0 Å². The van der Waals surface area contributed by atoms with Crippen molar-refractivity contribution in [1.82, 2.24) is 10.0 Å². The lowest BCUT2D eigenvalue weighted by Crippen LogP contribution is -2.39. The van der Waals surface area contributed by atoms with E-state index in [1.807, 2.05) is 6.92 Å².